The summed E-state index contributed by atoms with van der Waals surface area (Å²) in [6, 6.07) is 2.30. The van der Waals surface area contributed by atoms with Gasteiger partial charge in [0.2, 0.25) is 5.16 Å². The molecule has 1 saturated carbocycles. The summed E-state index contributed by atoms with van der Waals surface area (Å²) < 4.78 is 1.95. The second-order valence-electron chi connectivity index (χ2n) is 4.72. The standard InChI is InChI=1S/C12H14ClN5S/c1-8-7-14-11(13)6-10(8)19-12-15-16-17-18(12)9-4-2-3-5-9/h6-7,9H,2-5H2,1H3. The average molecular weight is 296 g/mol. The maximum absolute atomic E-state index is 5.94. The smallest absolute Gasteiger partial charge is 0.214 e. The third kappa shape index (κ3) is 2.74. The van der Waals surface area contributed by atoms with Gasteiger partial charge in [0.1, 0.15) is 5.15 Å². The van der Waals surface area contributed by atoms with E-state index in [1.807, 2.05) is 17.7 Å². The zero-order chi connectivity index (χ0) is 13.2. The number of tetrazole rings is 1. The largest absolute Gasteiger partial charge is 0.244 e. The number of aromatic nitrogens is 5. The highest BCUT2D eigenvalue weighted by molar-refractivity contribution is 7.99. The lowest BCUT2D eigenvalue weighted by Gasteiger charge is -2.11. The monoisotopic (exact) mass is 295 g/mol. The Labute approximate surface area is 120 Å². The highest BCUT2D eigenvalue weighted by atomic mass is 35.5. The summed E-state index contributed by atoms with van der Waals surface area (Å²) in [4.78, 5) is 5.11. The Kier molecular flexibility index (Phi) is 3.70. The summed E-state index contributed by atoms with van der Waals surface area (Å²) >= 11 is 7.49. The summed E-state index contributed by atoms with van der Waals surface area (Å²) in [7, 11) is 0. The summed E-state index contributed by atoms with van der Waals surface area (Å²) in [5, 5.41) is 13.4. The zero-order valence-electron chi connectivity index (χ0n) is 10.6. The molecule has 0 bridgehead atoms. The van der Waals surface area contributed by atoms with E-state index in [0.29, 0.717) is 11.2 Å². The zero-order valence-corrected chi connectivity index (χ0v) is 12.2. The van der Waals surface area contributed by atoms with E-state index in [1.54, 1.807) is 18.0 Å². The molecule has 2 aromatic heterocycles. The number of rotatable bonds is 3. The van der Waals surface area contributed by atoms with E-state index < -0.39 is 0 Å². The van der Waals surface area contributed by atoms with Crippen molar-refractivity contribution in [1.82, 2.24) is 25.2 Å². The number of hydrogen-bond acceptors (Lipinski definition) is 5. The van der Waals surface area contributed by atoms with E-state index in [1.165, 1.54) is 12.8 Å². The van der Waals surface area contributed by atoms with E-state index in [9.17, 15) is 0 Å². The van der Waals surface area contributed by atoms with E-state index in [4.69, 9.17) is 11.6 Å². The van der Waals surface area contributed by atoms with Crippen molar-refractivity contribution >= 4 is 23.4 Å². The Morgan fingerprint density at radius 1 is 1.37 bits per heavy atom. The van der Waals surface area contributed by atoms with Crippen LogP contribution in [0, 0.1) is 6.92 Å². The van der Waals surface area contributed by atoms with E-state index in [0.717, 1.165) is 28.5 Å². The van der Waals surface area contributed by atoms with Gasteiger partial charge in [0.05, 0.1) is 6.04 Å². The Morgan fingerprint density at radius 2 is 2.16 bits per heavy atom. The van der Waals surface area contributed by atoms with Crippen LogP contribution in [0.1, 0.15) is 37.3 Å². The topological polar surface area (TPSA) is 56.5 Å². The van der Waals surface area contributed by atoms with E-state index in [2.05, 4.69) is 20.5 Å². The van der Waals surface area contributed by atoms with Crippen LogP contribution in [-0.2, 0) is 0 Å². The molecule has 0 atom stereocenters. The summed E-state index contributed by atoms with van der Waals surface area (Å²) in [6.45, 7) is 2.01. The fraction of sp³-hybridized carbons (Fsp3) is 0.500. The molecule has 0 unspecified atom stereocenters. The third-order valence-electron chi connectivity index (χ3n) is 3.35. The van der Waals surface area contributed by atoms with Gasteiger partial charge in [-0.25, -0.2) is 9.67 Å². The molecule has 100 valence electrons. The molecule has 0 aromatic carbocycles. The molecule has 0 saturated heterocycles. The maximum atomic E-state index is 5.94. The van der Waals surface area contributed by atoms with Gasteiger partial charge in [0.25, 0.3) is 0 Å². The molecule has 7 heteroatoms. The summed E-state index contributed by atoms with van der Waals surface area (Å²) in [5.41, 5.74) is 1.08. The average Bonchev–Trinajstić information content (AvgIpc) is 3.03. The molecule has 0 radical (unpaired) electrons. The first-order chi connectivity index (χ1) is 9.24. The minimum atomic E-state index is 0.440. The molecule has 0 N–H and O–H groups in total. The lowest BCUT2D eigenvalue weighted by atomic mass is 10.3. The SMILES string of the molecule is Cc1cnc(Cl)cc1Sc1nnnn1C1CCCC1. The summed E-state index contributed by atoms with van der Waals surface area (Å²) in [6.07, 6.45) is 6.61. The van der Waals surface area contributed by atoms with Crippen molar-refractivity contribution in [2.24, 2.45) is 0 Å². The minimum absolute atomic E-state index is 0.440. The van der Waals surface area contributed by atoms with Gasteiger partial charge in [0, 0.05) is 11.1 Å². The normalized spacial score (nSPS) is 16.1. The van der Waals surface area contributed by atoms with Gasteiger partial charge in [-0.2, -0.15) is 0 Å². The van der Waals surface area contributed by atoms with Gasteiger partial charge in [-0.1, -0.05) is 24.4 Å². The Bertz CT molecular complexity index is 579. The Hall–Kier alpha value is -1.14. The third-order valence-corrected chi connectivity index (χ3v) is 4.67. The highest BCUT2D eigenvalue weighted by Gasteiger charge is 2.22. The lowest BCUT2D eigenvalue weighted by Crippen LogP contribution is -2.08. The number of aryl methyl sites for hydroxylation is 1. The lowest BCUT2D eigenvalue weighted by molar-refractivity contribution is 0.423. The van der Waals surface area contributed by atoms with Crippen molar-refractivity contribution in [1.29, 1.82) is 0 Å². The fourth-order valence-electron chi connectivity index (χ4n) is 2.32. The first-order valence-corrected chi connectivity index (χ1v) is 7.51. The first kappa shape index (κ1) is 12.9. The molecule has 2 aromatic rings. The quantitative estimate of drug-likeness (QED) is 0.813. The van der Waals surface area contributed by atoms with Crippen molar-refractivity contribution in [2.45, 2.75) is 48.7 Å². The predicted octanol–water partition coefficient (Wildman–Crippen LogP) is 3.30. The van der Waals surface area contributed by atoms with Crippen LogP contribution in [0.25, 0.3) is 0 Å². The molecule has 1 aliphatic rings. The van der Waals surface area contributed by atoms with Crippen molar-refractivity contribution in [2.75, 3.05) is 0 Å². The van der Waals surface area contributed by atoms with Crippen molar-refractivity contribution < 1.29 is 0 Å². The van der Waals surface area contributed by atoms with Gasteiger partial charge in [-0.05, 0) is 53.6 Å². The first-order valence-electron chi connectivity index (χ1n) is 6.32. The molecule has 1 fully saturated rings. The predicted molar refractivity (Wildman–Crippen MR) is 73.4 cm³/mol. The maximum Gasteiger partial charge on any atom is 0.214 e. The van der Waals surface area contributed by atoms with E-state index in [-0.39, 0.29) is 0 Å². The van der Waals surface area contributed by atoms with Crippen LogP contribution in [0.5, 0.6) is 0 Å². The number of nitrogens with zero attached hydrogens (tertiary/aromatic N) is 5. The van der Waals surface area contributed by atoms with Gasteiger partial charge < -0.3 is 0 Å². The van der Waals surface area contributed by atoms with Crippen LogP contribution < -0.4 is 0 Å². The van der Waals surface area contributed by atoms with Gasteiger partial charge in [-0.15, -0.1) is 5.10 Å². The van der Waals surface area contributed by atoms with Gasteiger partial charge in [-0.3, -0.25) is 0 Å². The van der Waals surface area contributed by atoms with Crippen LogP contribution in [-0.4, -0.2) is 25.2 Å². The van der Waals surface area contributed by atoms with E-state index >= 15 is 0 Å². The summed E-state index contributed by atoms with van der Waals surface area (Å²) in [5.74, 6) is 0. The molecular weight excluding hydrogens is 282 g/mol. The molecule has 5 nitrogen and oxygen atoms in total. The van der Waals surface area contributed by atoms with Crippen LogP contribution in [0.3, 0.4) is 0 Å². The number of hydrogen-bond donors (Lipinski definition) is 0. The van der Waals surface area contributed by atoms with Crippen LogP contribution in [0.4, 0.5) is 0 Å². The van der Waals surface area contributed by atoms with Crippen LogP contribution in [0.15, 0.2) is 22.3 Å². The highest BCUT2D eigenvalue weighted by Crippen LogP contribution is 2.35. The molecule has 1 aliphatic carbocycles. The van der Waals surface area contributed by atoms with Crippen molar-refractivity contribution in [3.63, 3.8) is 0 Å². The van der Waals surface area contributed by atoms with Crippen molar-refractivity contribution in [3.8, 4) is 0 Å². The van der Waals surface area contributed by atoms with Gasteiger partial charge in [0.15, 0.2) is 0 Å². The second-order valence-corrected chi connectivity index (χ2v) is 6.12. The number of pyridine rings is 1. The molecule has 0 amide bonds. The van der Waals surface area contributed by atoms with Crippen LogP contribution in [0.2, 0.25) is 5.15 Å². The molecular formula is C12H14ClN5S. The Balaban J connectivity index is 1.87. The van der Waals surface area contributed by atoms with Gasteiger partial charge >= 0.3 is 0 Å². The Morgan fingerprint density at radius 3 is 2.95 bits per heavy atom. The second kappa shape index (κ2) is 5.46. The molecule has 2 heterocycles. The molecule has 19 heavy (non-hydrogen) atoms. The molecule has 0 spiro atoms. The fourth-order valence-corrected chi connectivity index (χ4v) is 3.48. The number of halogens is 1. The molecule has 0 aliphatic heterocycles. The van der Waals surface area contributed by atoms with Crippen molar-refractivity contribution in [3.05, 3.63) is 23.0 Å². The minimum Gasteiger partial charge on any atom is -0.244 e. The van der Waals surface area contributed by atoms with Crippen LogP contribution >= 0.6 is 23.4 Å². The molecule has 3 rings (SSSR count).